The van der Waals surface area contributed by atoms with Gasteiger partial charge in [-0.1, -0.05) is 74.8 Å². The van der Waals surface area contributed by atoms with Gasteiger partial charge >= 0.3 is 5.97 Å². The van der Waals surface area contributed by atoms with Crippen LogP contribution in [0.1, 0.15) is 71.1 Å². The first kappa shape index (κ1) is 20.4. The van der Waals surface area contributed by atoms with Gasteiger partial charge in [0.25, 0.3) is 0 Å². The molecule has 0 heterocycles. The van der Waals surface area contributed by atoms with Gasteiger partial charge in [0.15, 0.2) is 0 Å². The SMILES string of the molecule is CCCCCC/C=C/CCC/C=C/C=C/C=C/CCC(=O)O. The Morgan fingerprint density at radius 1 is 0.727 bits per heavy atom. The van der Waals surface area contributed by atoms with Gasteiger partial charge in [-0.15, -0.1) is 0 Å². The molecule has 0 saturated carbocycles. The van der Waals surface area contributed by atoms with Crippen molar-refractivity contribution >= 4 is 5.97 Å². The first-order valence-electron chi connectivity index (χ1n) is 8.62. The van der Waals surface area contributed by atoms with Gasteiger partial charge in [-0.3, -0.25) is 4.79 Å². The van der Waals surface area contributed by atoms with Crippen LogP contribution in [0.15, 0.2) is 48.6 Å². The van der Waals surface area contributed by atoms with Crippen LogP contribution in [0.25, 0.3) is 0 Å². The Morgan fingerprint density at radius 3 is 1.95 bits per heavy atom. The van der Waals surface area contributed by atoms with Crippen LogP contribution in [0.3, 0.4) is 0 Å². The van der Waals surface area contributed by atoms with Crippen LogP contribution in [-0.4, -0.2) is 11.1 Å². The van der Waals surface area contributed by atoms with E-state index in [-0.39, 0.29) is 6.42 Å². The van der Waals surface area contributed by atoms with Crippen LogP contribution in [0.4, 0.5) is 0 Å². The molecule has 0 aromatic rings. The van der Waals surface area contributed by atoms with Gasteiger partial charge in [-0.2, -0.15) is 0 Å². The molecule has 0 fully saturated rings. The minimum Gasteiger partial charge on any atom is -0.481 e. The van der Waals surface area contributed by atoms with Gasteiger partial charge in [0.2, 0.25) is 0 Å². The van der Waals surface area contributed by atoms with Crippen molar-refractivity contribution in [1.29, 1.82) is 0 Å². The summed E-state index contributed by atoms with van der Waals surface area (Å²) in [4.78, 5) is 10.3. The normalized spacial score (nSPS) is 12.4. The fourth-order valence-electron chi connectivity index (χ4n) is 1.96. The number of carboxylic acid groups (broad SMARTS) is 1. The average Bonchev–Trinajstić information content (AvgIpc) is 2.50. The van der Waals surface area contributed by atoms with Crippen LogP contribution in [-0.2, 0) is 4.79 Å². The molecule has 0 aliphatic rings. The molecule has 2 nitrogen and oxygen atoms in total. The van der Waals surface area contributed by atoms with Crippen LogP contribution in [0.5, 0.6) is 0 Å². The number of carboxylic acids is 1. The maximum absolute atomic E-state index is 10.3. The molecule has 0 unspecified atom stereocenters. The van der Waals surface area contributed by atoms with E-state index in [2.05, 4.69) is 31.2 Å². The van der Waals surface area contributed by atoms with Crippen LogP contribution in [0, 0.1) is 0 Å². The third-order valence-electron chi connectivity index (χ3n) is 3.26. The van der Waals surface area contributed by atoms with E-state index in [0.717, 1.165) is 12.8 Å². The van der Waals surface area contributed by atoms with E-state index < -0.39 is 5.97 Å². The standard InChI is InChI=1S/C20H32O2/c1-2-3-4-5-6-7-8-9-10-11-12-13-14-15-16-17-18-19-20(21)22/h7-8,12-17H,2-6,9-11,18-19H2,1H3,(H,21,22)/b8-7+,13-12+,15-14+,17-16+. The lowest BCUT2D eigenvalue weighted by Crippen LogP contribution is -1.91. The van der Waals surface area contributed by atoms with Crippen LogP contribution in [0.2, 0.25) is 0 Å². The topological polar surface area (TPSA) is 37.3 Å². The largest absolute Gasteiger partial charge is 0.481 e. The molecule has 0 bridgehead atoms. The second kappa shape index (κ2) is 17.5. The number of aliphatic carboxylic acids is 1. The summed E-state index contributed by atoms with van der Waals surface area (Å²) in [6.45, 7) is 2.24. The van der Waals surface area contributed by atoms with E-state index in [9.17, 15) is 4.79 Å². The number of hydrogen-bond acceptors (Lipinski definition) is 1. The zero-order valence-electron chi connectivity index (χ0n) is 14.0. The summed E-state index contributed by atoms with van der Waals surface area (Å²) in [6, 6.07) is 0. The number of unbranched alkanes of at least 4 members (excludes halogenated alkanes) is 6. The van der Waals surface area contributed by atoms with Crippen LogP contribution >= 0.6 is 0 Å². The second-order valence-electron chi connectivity index (χ2n) is 5.43. The number of carbonyl (C=O) groups is 1. The number of hydrogen-bond donors (Lipinski definition) is 1. The average molecular weight is 304 g/mol. The fraction of sp³-hybridized carbons (Fsp3) is 0.550. The molecule has 0 aromatic heterocycles. The third kappa shape index (κ3) is 18.4. The van der Waals surface area contributed by atoms with E-state index in [1.165, 1.54) is 38.5 Å². The zero-order valence-corrected chi connectivity index (χ0v) is 14.0. The summed E-state index contributed by atoms with van der Waals surface area (Å²) in [7, 11) is 0. The molecule has 2 heteroatoms. The molecular formula is C20H32O2. The Balaban J connectivity index is 3.39. The molecule has 124 valence electrons. The molecule has 0 aromatic carbocycles. The summed E-state index contributed by atoms with van der Waals surface area (Å²) >= 11 is 0. The Kier molecular flexibility index (Phi) is 16.2. The van der Waals surface area contributed by atoms with E-state index in [1.807, 2.05) is 24.3 Å². The first-order chi connectivity index (χ1) is 10.8. The highest BCUT2D eigenvalue weighted by molar-refractivity contribution is 5.66. The molecule has 0 aliphatic carbocycles. The second-order valence-corrected chi connectivity index (χ2v) is 5.43. The summed E-state index contributed by atoms with van der Waals surface area (Å²) in [5.74, 6) is -0.747. The maximum atomic E-state index is 10.3. The third-order valence-corrected chi connectivity index (χ3v) is 3.26. The Bertz CT molecular complexity index is 362. The predicted molar refractivity (Wildman–Crippen MR) is 96.0 cm³/mol. The van der Waals surface area contributed by atoms with Crippen molar-refractivity contribution in [2.45, 2.75) is 71.1 Å². The monoisotopic (exact) mass is 304 g/mol. The highest BCUT2D eigenvalue weighted by atomic mass is 16.4. The molecule has 1 N–H and O–H groups in total. The van der Waals surface area contributed by atoms with Gasteiger partial charge in [0.1, 0.15) is 0 Å². The molecular weight excluding hydrogens is 272 g/mol. The minimum atomic E-state index is -0.747. The molecule has 0 aliphatic heterocycles. The Morgan fingerprint density at radius 2 is 1.32 bits per heavy atom. The van der Waals surface area contributed by atoms with Crippen molar-refractivity contribution in [3.8, 4) is 0 Å². The van der Waals surface area contributed by atoms with Crippen molar-refractivity contribution in [2.24, 2.45) is 0 Å². The first-order valence-corrected chi connectivity index (χ1v) is 8.62. The Labute approximate surface area is 136 Å². The predicted octanol–water partition coefficient (Wildman–Crippen LogP) is 6.22. The fourth-order valence-corrected chi connectivity index (χ4v) is 1.96. The molecule has 22 heavy (non-hydrogen) atoms. The maximum Gasteiger partial charge on any atom is 0.303 e. The quantitative estimate of drug-likeness (QED) is 0.235. The van der Waals surface area contributed by atoms with E-state index >= 15 is 0 Å². The number of allylic oxidation sites excluding steroid dienone is 8. The van der Waals surface area contributed by atoms with Crippen molar-refractivity contribution in [2.75, 3.05) is 0 Å². The van der Waals surface area contributed by atoms with E-state index in [4.69, 9.17) is 5.11 Å². The van der Waals surface area contributed by atoms with E-state index in [0.29, 0.717) is 6.42 Å². The van der Waals surface area contributed by atoms with Crippen LogP contribution < -0.4 is 0 Å². The summed E-state index contributed by atoms with van der Waals surface area (Å²) < 4.78 is 0. The van der Waals surface area contributed by atoms with Gasteiger partial charge in [0, 0.05) is 6.42 Å². The molecule has 0 radical (unpaired) electrons. The van der Waals surface area contributed by atoms with E-state index in [1.54, 1.807) is 0 Å². The molecule has 0 amide bonds. The number of rotatable bonds is 14. The highest BCUT2D eigenvalue weighted by Crippen LogP contribution is 2.04. The lowest BCUT2D eigenvalue weighted by atomic mass is 10.1. The van der Waals surface area contributed by atoms with Gasteiger partial charge in [-0.25, -0.2) is 0 Å². The van der Waals surface area contributed by atoms with Gasteiger partial charge < -0.3 is 5.11 Å². The smallest absolute Gasteiger partial charge is 0.303 e. The molecule has 0 atom stereocenters. The van der Waals surface area contributed by atoms with Crippen molar-refractivity contribution in [1.82, 2.24) is 0 Å². The van der Waals surface area contributed by atoms with Gasteiger partial charge in [-0.05, 0) is 38.5 Å². The van der Waals surface area contributed by atoms with Gasteiger partial charge in [0.05, 0.1) is 0 Å². The zero-order chi connectivity index (χ0) is 16.3. The molecule has 0 spiro atoms. The minimum absolute atomic E-state index is 0.201. The van der Waals surface area contributed by atoms with Crippen molar-refractivity contribution in [3.63, 3.8) is 0 Å². The van der Waals surface area contributed by atoms with Crippen molar-refractivity contribution < 1.29 is 9.90 Å². The summed E-state index contributed by atoms with van der Waals surface area (Å²) in [5.41, 5.74) is 0. The highest BCUT2D eigenvalue weighted by Gasteiger charge is 1.90. The van der Waals surface area contributed by atoms with Crippen molar-refractivity contribution in [3.05, 3.63) is 48.6 Å². The lowest BCUT2D eigenvalue weighted by molar-refractivity contribution is -0.136. The molecule has 0 saturated heterocycles. The summed E-state index contributed by atoms with van der Waals surface area (Å²) in [5, 5.41) is 8.47. The summed E-state index contributed by atoms with van der Waals surface area (Å²) in [6.07, 6.45) is 27.4. The molecule has 0 rings (SSSR count). The lowest BCUT2D eigenvalue weighted by Gasteiger charge is -1.94. The Hall–Kier alpha value is -1.57.